The lowest BCUT2D eigenvalue weighted by Gasteiger charge is -2.16. The van der Waals surface area contributed by atoms with Gasteiger partial charge in [-0.15, -0.1) is 0 Å². The molecule has 5 nitrogen and oxygen atoms in total. The van der Waals surface area contributed by atoms with Crippen LogP contribution in [0.25, 0.3) is 0 Å². The number of nitrogens with one attached hydrogen (secondary N) is 1. The highest BCUT2D eigenvalue weighted by atomic mass is 16.1. The number of fused-ring (bicyclic) bond motifs is 1. The molecule has 3 aromatic rings. The second-order valence-corrected chi connectivity index (χ2v) is 6.79. The highest BCUT2D eigenvalue weighted by molar-refractivity contribution is 6.04. The SMILES string of the molecule is Cn1ncc(C(=O)Nc2cc3c(cn2)CCCC3)c1Cc1ccccc1. The van der Waals surface area contributed by atoms with Gasteiger partial charge in [-0.3, -0.25) is 9.48 Å². The number of carbonyl (C=O) groups excluding carboxylic acids is 1. The fourth-order valence-electron chi connectivity index (χ4n) is 3.52. The predicted molar refractivity (Wildman–Crippen MR) is 101 cm³/mol. The summed E-state index contributed by atoms with van der Waals surface area (Å²) in [5.74, 6) is 0.456. The van der Waals surface area contributed by atoms with E-state index in [1.165, 1.54) is 24.0 Å². The van der Waals surface area contributed by atoms with Crippen LogP contribution in [-0.4, -0.2) is 20.7 Å². The molecule has 5 heteroatoms. The Labute approximate surface area is 153 Å². The molecule has 2 heterocycles. The molecule has 0 spiro atoms. The lowest BCUT2D eigenvalue weighted by Crippen LogP contribution is -2.16. The molecule has 2 aromatic heterocycles. The van der Waals surface area contributed by atoms with Crippen LogP contribution in [-0.2, 0) is 26.3 Å². The second kappa shape index (κ2) is 7.12. The molecule has 0 atom stereocenters. The number of hydrogen-bond acceptors (Lipinski definition) is 3. The van der Waals surface area contributed by atoms with Gasteiger partial charge in [0.05, 0.1) is 17.5 Å². The molecule has 4 rings (SSSR count). The van der Waals surface area contributed by atoms with Gasteiger partial charge in [-0.05, 0) is 48.4 Å². The summed E-state index contributed by atoms with van der Waals surface area (Å²) in [6, 6.07) is 12.1. The van der Waals surface area contributed by atoms with Gasteiger partial charge in [0.1, 0.15) is 5.82 Å². The summed E-state index contributed by atoms with van der Waals surface area (Å²) in [5, 5.41) is 7.23. The first kappa shape index (κ1) is 16.5. The van der Waals surface area contributed by atoms with Crippen LogP contribution in [0.15, 0.2) is 48.8 Å². The molecule has 1 N–H and O–H groups in total. The average molecular weight is 346 g/mol. The van der Waals surface area contributed by atoms with E-state index in [0.29, 0.717) is 17.8 Å². The van der Waals surface area contributed by atoms with Gasteiger partial charge in [0.25, 0.3) is 5.91 Å². The van der Waals surface area contributed by atoms with Crippen molar-refractivity contribution in [2.24, 2.45) is 7.05 Å². The first-order valence-electron chi connectivity index (χ1n) is 9.04. The number of rotatable bonds is 4. The van der Waals surface area contributed by atoms with E-state index >= 15 is 0 Å². The van der Waals surface area contributed by atoms with Crippen LogP contribution in [0.1, 0.15) is 45.6 Å². The van der Waals surface area contributed by atoms with Crippen LogP contribution in [0.4, 0.5) is 5.82 Å². The maximum atomic E-state index is 12.8. The van der Waals surface area contributed by atoms with Gasteiger partial charge in [0, 0.05) is 19.7 Å². The molecule has 26 heavy (non-hydrogen) atoms. The first-order chi connectivity index (χ1) is 12.7. The zero-order chi connectivity index (χ0) is 17.9. The Morgan fingerprint density at radius 3 is 2.69 bits per heavy atom. The van der Waals surface area contributed by atoms with Crippen LogP contribution in [0, 0.1) is 0 Å². The normalized spacial score (nSPS) is 13.3. The third-order valence-electron chi connectivity index (χ3n) is 4.99. The highest BCUT2D eigenvalue weighted by Gasteiger charge is 2.18. The number of aryl methyl sites for hydroxylation is 3. The van der Waals surface area contributed by atoms with Crippen molar-refractivity contribution >= 4 is 11.7 Å². The zero-order valence-electron chi connectivity index (χ0n) is 14.9. The van der Waals surface area contributed by atoms with Crippen molar-refractivity contribution in [3.8, 4) is 0 Å². The minimum absolute atomic E-state index is 0.160. The molecule has 0 aliphatic heterocycles. The van der Waals surface area contributed by atoms with Crippen molar-refractivity contribution in [3.63, 3.8) is 0 Å². The standard InChI is InChI=1S/C21H22N4O/c1-25-19(11-15-7-3-2-4-8-15)18(14-23-25)21(26)24-20-12-16-9-5-6-10-17(16)13-22-20/h2-4,7-8,12-14H,5-6,9-11H2,1H3,(H,22,24,26). The molecular weight excluding hydrogens is 324 g/mol. The van der Waals surface area contributed by atoms with Crippen LogP contribution in [0.2, 0.25) is 0 Å². The Hall–Kier alpha value is -2.95. The Kier molecular flexibility index (Phi) is 4.52. The van der Waals surface area contributed by atoms with E-state index in [2.05, 4.69) is 27.5 Å². The molecular formula is C21H22N4O. The Bertz CT molecular complexity index is 930. The molecule has 1 amide bonds. The molecule has 1 aromatic carbocycles. The van der Waals surface area contributed by atoms with E-state index in [1.807, 2.05) is 37.5 Å². The zero-order valence-corrected chi connectivity index (χ0v) is 14.9. The summed E-state index contributed by atoms with van der Waals surface area (Å²) < 4.78 is 1.77. The molecule has 0 unspecified atom stereocenters. The fraction of sp³-hybridized carbons (Fsp3) is 0.286. The molecule has 1 aliphatic carbocycles. The summed E-state index contributed by atoms with van der Waals surface area (Å²) in [7, 11) is 1.87. The summed E-state index contributed by atoms with van der Waals surface area (Å²) in [4.78, 5) is 17.2. The van der Waals surface area contributed by atoms with Gasteiger partial charge in [-0.25, -0.2) is 4.98 Å². The molecule has 0 bridgehead atoms. The van der Waals surface area contributed by atoms with E-state index in [0.717, 1.165) is 24.1 Å². The second-order valence-electron chi connectivity index (χ2n) is 6.79. The third kappa shape index (κ3) is 3.38. The first-order valence-corrected chi connectivity index (χ1v) is 9.04. The summed E-state index contributed by atoms with van der Waals surface area (Å²) >= 11 is 0. The Morgan fingerprint density at radius 1 is 1.12 bits per heavy atom. The number of benzene rings is 1. The Morgan fingerprint density at radius 2 is 1.88 bits per heavy atom. The van der Waals surface area contributed by atoms with Gasteiger partial charge < -0.3 is 5.32 Å². The molecule has 132 valence electrons. The Balaban J connectivity index is 1.55. The smallest absolute Gasteiger partial charge is 0.260 e. The minimum Gasteiger partial charge on any atom is -0.306 e. The molecule has 0 saturated carbocycles. The van der Waals surface area contributed by atoms with Crippen LogP contribution >= 0.6 is 0 Å². The largest absolute Gasteiger partial charge is 0.306 e. The minimum atomic E-state index is -0.160. The number of aromatic nitrogens is 3. The number of amides is 1. The monoisotopic (exact) mass is 346 g/mol. The lowest BCUT2D eigenvalue weighted by atomic mass is 9.93. The number of pyridine rings is 1. The van der Waals surface area contributed by atoms with Gasteiger partial charge in [0.15, 0.2) is 0 Å². The van der Waals surface area contributed by atoms with Gasteiger partial charge in [-0.1, -0.05) is 30.3 Å². The topological polar surface area (TPSA) is 59.8 Å². The summed E-state index contributed by atoms with van der Waals surface area (Å²) in [5.41, 5.74) is 5.25. The van der Waals surface area contributed by atoms with Gasteiger partial charge in [0.2, 0.25) is 0 Å². The van der Waals surface area contributed by atoms with E-state index in [4.69, 9.17) is 0 Å². The summed E-state index contributed by atoms with van der Waals surface area (Å²) in [6.07, 6.45) is 8.77. The van der Waals surface area contributed by atoms with E-state index in [9.17, 15) is 4.79 Å². The fourth-order valence-corrected chi connectivity index (χ4v) is 3.52. The van der Waals surface area contributed by atoms with Crippen molar-refractivity contribution in [2.45, 2.75) is 32.1 Å². The molecule has 0 fully saturated rings. The lowest BCUT2D eigenvalue weighted by molar-refractivity contribution is 0.102. The van der Waals surface area contributed by atoms with Crippen molar-refractivity contribution < 1.29 is 4.79 Å². The van der Waals surface area contributed by atoms with Gasteiger partial charge in [-0.2, -0.15) is 5.10 Å². The number of anilines is 1. The number of carbonyl (C=O) groups is 1. The van der Waals surface area contributed by atoms with E-state index in [1.54, 1.807) is 10.9 Å². The highest BCUT2D eigenvalue weighted by Crippen LogP contribution is 2.23. The number of nitrogens with zero attached hydrogens (tertiary/aromatic N) is 3. The maximum Gasteiger partial charge on any atom is 0.260 e. The molecule has 1 aliphatic rings. The van der Waals surface area contributed by atoms with Crippen LogP contribution < -0.4 is 5.32 Å². The average Bonchev–Trinajstić information content (AvgIpc) is 3.03. The maximum absolute atomic E-state index is 12.8. The third-order valence-corrected chi connectivity index (χ3v) is 4.99. The molecule has 0 saturated heterocycles. The van der Waals surface area contributed by atoms with E-state index in [-0.39, 0.29) is 5.91 Å². The summed E-state index contributed by atoms with van der Waals surface area (Å²) in [6.45, 7) is 0. The van der Waals surface area contributed by atoms with Crippen molar-refractivity contribution in [1.82, 2.24) is 14.8 Å². The van der Waals surface area contributed by atoms with Crippen molar-refractivity contribution in [1.29, 1.82) is 0 Å². The van der Waals surface area contributed by atoms with Crippen molar-refractivity contribution in [2.75, 3.05) is 5.32 Å². The predicted octanol–water partition coefficient (Wildman–Crippen LogP) is 3.54. The van der Waals surface area contributed by atoms with Crippen molar-refractivity contribution in [3.05, 3.63) is 76.7 Å². The van der Waals surface area contributed by atoms with Gasteiger partial charge >= 0.3 is 0 Å². The molecule has 0 radical (unpaired) electrons. The van der Waals surface area contributed by atoms with Crippen LogP contribution in [0.5, 0.6) is 0 Å². The number of hydrogen-bond donors (Lipinski definition) is 1. The quantitative estimate of drug-likeness (QED) is 0.786. The van der Waals surface area contributed by atoms with E-state index < -0.39 is 0 Å². The van der Waals surface area contributed by atoms with Crippen LogP contribution in [0.3, 0.4) is 0 Å².